The van der Waals surface area contributed by atoms with E-state index in [0.29, 0.717) is 5.56 Å². The normalized spacial score (nSPS) is 14.4. The Balaban J connectivity index is 2.31. The molecule has 4 nitrogen and oxygen atoms in total. The minimum absolute atomic E-state index is 0.0671. The van der Waals surface area contributed by atoms with E-state index in [1.165, 1.54) is 6.33 Å². The molecule has 2 heterocycles. The molecular weight excluding hydrogens is 166 g/mol. The number of carbonyl (C=O) groups excluding carboxylic acids is 1. The molecule has 0 saturated carbocycles. The van der Waals surface area contributed by atoms with Crippen LogP contribution in [0, 0.1) is 0 Å². The summed E-state index contributed by atoms with van der Waals surface area (Å²) in [6.45, 7) is 3.73. The number of carbonyl (C=O) groups is 1. The Morgan fingerprint density at radius 1 is 1.62 bits per heavy atom. The number of amides is 1. The van der Waals surface area contributed by atoms with Gasteiger partial charge in [0.05, 0.1) is 11.3 Å². The molecule has 0 bridgehead atoms. The van der Waals surface area contributed by atoms with E-state index >= 15 is 0 Å². The lowest BCUT2D eigenvalue weighted by Crippen LogP contribution is -2.14. The molecule has 2 rings (SSSR count). The lowest BCUT2D eigenvalue weighted by atomic mass is 10.2. The summed E-state index contributed by atoms with van der Waals surface area (Å²) in [6.07, 6.45) is 3.86. The van der Waals surface area contributed by atoms with Gasteiger partial charge in [-0.3, -0.25) is 4.79 Å². The van der Waals surface area contributed by atoms with Gasteiger partial charge in [0.1, 0.15) is 6.33 Å². The number of aromatic nitrogens is 2. The van der Waals surface area contributed by atoms with E-state index in [-0.39, 0.29) is 5.91 Å². The highest BCUT2D eigenvalue weighted by atomic mass is 16.2. The predicted molar refractivity (Wildman–Crippen MR) is 47.3 cm³/mol. The van der Waals surface area contributed by atoms with Crippen molar-refractivity contribution in [1.29, 1.82) is 0 Å². The number of aryl methyl sites for hydroxylation is 1. The van der Waals surface area contributed by atoms with Crippen LogP contribution in [0.15, 0.2) is 12.5 Å². The molecule has 0 aromatic carbocycles. The van der Waals surface area contributed by atoms with Gasteiger partial charge in [-0.1, -0.05) is 6.92 Å². The van der Waals surface area contributed by atoms with Gasteiger partial charge in [-0.05, 0) is 6.42 Å². The first-order valence-corrected chi connectivity index (χ1v) is 4.41. The van der Waals surface area contributed by atoms with Crippen molar-refractivity contribution in [3.8, 4) is 0 Å². The summed E-state index contributed by atoms with van der Waals surface area (Å²) in [6, 6.07) is 0. The summed E-state index contributed by atoms with van der Waals surface area (Å²) < 4.78 is 0. The first kappa shape index (κ1) is 8.16. The van der Waals surface area contributed by atoms with E-state index in [1.54, 1.807) is 11.1 Å². The van der Waals surface area contributed by atoms with Crippen LogP contribution in [0.4, 0.5) is 0 Å². The van der Waals surface area contributed by atoms with Crippen molar-refractivity contribution < 1.29 is 4.79 Å². The summed E-state index contributed by atoms with van der Waals surface area (Å²) >= 11 is 0. The van der Waals surface area contributed by atoms with Crippen LogP contribution < -0.4 is 0 Å². The number of nitrogens with zero attached hydrogens (tertiary/aromatic N) is 3. The smallest absolute Gasteiger partial charge is 0.257 e. The summed E-state index contributed by atoms with van der Waals surface area (Å²) in [5.74, 6) is 0.0671. The van der Waals surface area contributed by atoms with E-state index < -0.39 is 0 Å². The van der Waals surface area contributed by atoms with E-state index in [2.05, 4.69) is 9.97 Å². The molecule has 1 amide bonds. The van der Waals surface area contributed by atoms with Gasteiger partial charge < -0.3 is 4.90 Å². The quantitative estimate of drug-likeness (QED) is 0.618. The zero-order valence-electron chi connectivity index (χ0n) is 7.53. The minimum atomic E-state index is 0.0671. The van der Waals surface area contributed by atoms with Crippen LogP contribution in [-0.2, 0) is 6.42 Å². The minimum Gasteiger partial charge on any atom is -0.335 e. The molecule has 0 atom stereocenters. The Morgan fingerprint density at radius 2 is 2.38 bits per heavy atom. The van der Waals surface area contributed by atoms with Crippen molar-refractivity contribution in [2.45, 2.75) is 13.3 Å². The summed E-state index contributed by atoms with van der Waals surface area (Å²) in [5, 5.41) is 0. The molecule has 0 spiro atoms. The lowest BCUT2D eigenvalue weighted by Gasteiger charge is -2.04. The topological polar surface area (TPSA) is 45.9 Å². The van der Waals surface area contributed by atoms with Crippen LogP contribution in [0.2, 0.25) is 0 Å². The average Bonchev–Trinajstić information content (AvgIpc) is 3.00. The molecule has 1 fully saturated rings. The van der Waals surface area contributed by atoms with Gasteiger partial charge in [0.15, 0.2) is 0 Å². The lowest BCUT2D eigenvalue weighted by molar-refractivity contribution is 0.0883. The molecular formula is C9H11N3O. The zero-order chi connectivity index (χ0) is 9.26. The van der Waals surface area contributed by atoms with Crippen LogP contribution in [-0.4, -0.2) is 33.9 Å². The van der Waals surface area contributed by atoms with Crippen LogP contribution in [0.5, 0.6) is 0 Å². The van der Waals surface area contributed by atoms with E-state index in [9.17, 15) is 4.79 Å². The van der Waals surface area contributed by atoms with Crippen LogP contribution in [0.25, 0.3) is 0 Å². The van der Waals surface area contributed by atoms with Crippen molar-refractivity contribution in [1.82, 2.24) is 14.9 Å². The molecule has 0 radical (unpaired) electrons. The number of rotatable bonds is 2. The third-order valence-electron chi connectivity index (χ3n) is 2.09. The first-order valence-electron chi connectivity index (χ1n) is 4.41. The van der Waals surface area contributed by atoms with Gasteiger partial charge in [0.25, 0.3) is 5.91 Å². The van der Waals surface area contributed by atoms with E-state index in [1.807, 2.05) is 6.92 Å². The Kier molecular flexibility index (Phi) is 1.96. The fraction of sp³-hybridized carbons (Fsp3) is 0.444. The van der Waals surface area contributed by atoms with Crippen LogP contribution in [0.3, 0.4) is 0 Å². The van der Waals surface area contributed by atoms with Crippen LogP contribution >= 0.6 is 0 Å². The summed E-state index contributed by atoms with van der Waals surface area (Å²) in [7, 11) is 0. The van der Waals surface area contributed by atoms with Gasteiger partial charge in [0, 0.05) is 19.3 Å². The van der Waals surface area contributed by atoms with Crippen molar-refractivity contribution in [2.24, 2.45) is 0 Å². The highest BCUT2D eigenvalue weighted by Gasteiger charge is 2.27. The van der Waals surface area contributed by atoms with Gasteiger partial charge in [-0.15, -0.1) is 0 Å². The molecule has 1 saturated heterocycles. The highest BCUT2D eigenvalue weighted by Crippen LogP contribution is 2.13. The molecule has 1 aromatic heterocycles. The molecule has 0 unspecified atom stereocenters. The zero-order valence-corrected chi connectivity index (χ0v) is 7.53. The Bertz CT molecular complexity index is 333. The van der Waals surface area contributed by atoms with Gasteiger partial charge in [-0.25, -0.2) is 9.97 Å². The maximum atomic E-state index is 11.6. The molecule has 13 heavy (non-hydrogen) atoms. The second-order valence-corrected chi connectivity index (χ2v) is 3.03. The van der Waals surface area contributed by atoms with Crippen molar-refractivity contribution >= 4 is 5.91 Å². The molecule has 0 aliphatic carbocycles. The third-order valence-corrected chi connectivity index (χ3v) is 2.09. The fourth-order valence-electron chi connectivity index (χ4n) is 1.24. The Labute approximate surface area is 76.6 Å². The molecule has 68 valence electrons. The maximum Gasteiger partial charge on any atom is 0.257 e. The molecule has 1 aliphatic rings. The van der Waals surface area contributed by atoms with Gasteiger partial charge >= 0.3 is 0 Å². The first-order chi connectivity index (χ1) is 6.33. The van der Waals surface area contributed by atoms with Gasteiger partial charge in [0.2, 0.25) is 0 Å². The molecule has 1 aromatic rings. The highest BCUT2D eigenvalue weighted by molar-refractivity contribution is 5.96. The molecule has 0 N–H and O–H groups in total. The Hall–Kier alpha value is -1.45. The Morgan fingerprint density at radius 3 is 3.00 bits per heavy atom. The summed E-state index contributed by atoms with van der Waals surface area (Å²) in [4.78, 5) is 21.3. The fourth-order valence-corrected chi connectivity index (χ4v) is 1.24. The van der Waals surface area contributed by atoms with Crippen molar-refractivity contribution in [3.63, 3.8) is 0 Å². The number of hydrogen-bond acceptors (Lipinski definition) is 3. The third kappa shape index (κ3) is 1.52. The molecule has 1 aliphatic heterocycles. The standard InChI is InChI=1S/C9H11N3O/c1-2-8-7(5-10-6-11-8)9(13)12-3-4-12/h5-6H,2-4H2,1H3. The largest absolute Gasteiger partial charge is 0.335 e. The van der Waals surface area contributed by atoms with E-state index in [4.69, 9.17) is 0 Å². The average molecular weight is 177 g/mol. The van der Waals surface area contributed by atoms with Gasteiger partial charge in [-0.2, -0.15) is 0 Å². The van der Waals surface area contributed by atoms with E-state index in [0.717, 1.165) is 25.2 Å². The summed E-state index contributed by atoms with van der Waals surface area (Å²) in [5.41, 5.74) is 1.49. The molecule has 4 heteroatoms. The second kappa shape index (κ2) is 3.12. The van der Waals surface area contributed by atoms with Crippen molar-refractivity contribution in [2.75, 3.05) is 13.1 Å². The number of hydrogen-bond donors (Lipinski definition) is 0. The van der Waals surface area contributed by atoms with Crippen molar-refractivity contribution in [3.05, 3.63) is 23.8 Å². The monoisotopic (exact) mass is 177 g/mol. The van der Waals surface area contributed by atoms with Crippen LogP contribution in [0.1, 0.15) is 23.0 Å². The predicted octanol–water partition coefficient (Wildman–Crippen LogP) is 0.495. The second-order valence-electron chi connectivity index (χ2n) is 3.03. The maximum absolute atomic E-state index is 11.6. The SMILES string of the molecule is CCc1ncncc1C(=O)N1CC1.